The van der Waals surface area contributed by atoms with E-state index in [2.05, 4.69) is 40.0 Å². The number of aromatic nitrogens is 4. The van der Waals surface area contributed by atoms with Crippen LogP contribution in [0.15, 0.2) is 53.3 Å². The topological polar surface area (TPSA) is 79.3 Å². The quantitative estimate of drug-likeness (QED) is 0.509. The molecule has 2 aromatic heterocycles. The summed E-state index contributed by atoms with van der Waals surface area (Å²) in [4.78, 5) is 25.5. The fourth-order valence-electron chi connectivity index (χ4n) is 4.52. The van der Waals surface area contributed by atoms with E-state index in [0.717, 1.165) is 36.4 Å². The van der Waals surface area contributed by atoms with Crippen molar-refractivity contribution in [2.24, 2.45) is 0 Å². The average Bonchev–Trinajstić information content (AvgIpc) is 3.45. The molecule has 1 N–H and O–H groups in total. The smallest absolute Gasteiger partial charge is 0.277 e. The van der Waals surface area contributed by atoms with Crippen LogP contribution in [-0.2, 0) is 0 Å². The summed E-state index contributed by atoms with van der Waals surface area (Å²) in [5.74, 6) is 1.15. The summed E-state index contributed by atoms with van der Waals surface area (Å²) < 4.78 is 7.36. The molecule has 0 amide bonds. The van der Waals surface area contributed by atoms with Crippen LogP contribution in [0.3, 0.4) is 0 Å². The number of rotatable bonds is 5. The van der Waals surface area contributed by atoms with Crippen molar-refractivity contribution in [3.8, 4) is 22.8 Å². The van der Waals surface area contributed by atoms with Gasteiger partial charge in [0, 0.05) is 30.9 Å². The van der Waals surface area contributed by atoms with E-state index in [1.165, 1.54) is 0 Å². The molecule has 1 aliphatic heterocycles. The molecule has 170 valence electrons. The van der Waals surface area contributed by atoms with Gasteiger partial charge in [-0.2, -0.15) is 5.10 Å². The number of likely N-dealkylation sites (N-methyl/N-ethyl adjacent to an activating group) is 1. The molecule has 8 heteroatoms. The highest BCUT2D eigenvalue weighted by Gasteiger charge is 2.25. The van der Waals surface area contributed by atoms with Gasteiger partial charge in [-0.15, -0.1) is 0 Å². The molecule has 0 unspecified atom stereocenters. The summed E-state index contributed by atoms with van der Waals surface area (Å²) in [5.41, 5.74) is 4.15. The van der Waals surface area contributed by atoms with Gasteiger partial charge in [-0.3, -0.25) is 4.79 Å². The molecule has 33 heavy (non-hydrogen) atoms. The Morgan fingerprint density at radius 3 is 2.61 bits per heavy atom. The number of anilines is 1. The number of hydrogen-bond donors (Lipinski definition) is 1. The van der Waals surface area contributed by atoms with Crippen molar-refractivity contribution in [2.45, 2.75) is 19.4 Å². The number of fused-ring (bicyclic) bond motifs is 1. The van der Waals surface area contributed by atoms with Gasteiger partial charge in [0.05, 0.1) is 24.1 Å². The third-order valence-electron chi connectivity index (χ3n) is 6.40. The lowest BCUT2D eigenvalue weighted by molar-refractivity contribution is 0.315. The lowest BCUT2D eigenvalue weighted by atomic mass is 10.1. The highest BCUT2D eigenvalue weighted by Crippen LogP contribution is 2.34. The number of para-hydroxylation sites is 1. The maximum Gasteiger partial charge on any atom is 0.277 e. The number of aromatic amines is 1. The zero-order valence-corrected chi connectivity index (χ0v) is 19.4. The largest absolute Gasteiger partial charge is 0.496 e. The molecule has 4 aromatic rings. The van der Waals surface area contributed by atoms with Crippen LogP contribution in [0, 0.1) is 6.92 Å². The van der Waals surface area contributed by atoms with Crippen LogP contribution in [0.2, 0.25) is 0 Å². The summed E-state index contributed by atoms with van der Waals surface area (Å²) in [7, 11) is 5.89. The van der Waals surface area contributed by atoms with Crippen molar-refractivity contribution in [3.05, 3.63) is 64.6 Å². The zero-order valence-electron chi connectivity index (χ0n) is 19.4. The molecule has 0 radical (unpaired) electrons. The van der Waals surface area contributed by atoms with Gasteiger partial charge in [0.1, 0.15) is 17.1 Å². The van der Waals surface area contributed by atoms with Gasteiger partial charge in [0.25, 0.3) is 5.56 Å². The summed E-state index contributed by atoms with van der Waals surface area (Å²) in [6, 6.07) is 16.2. The first-order valence-electron chi connectivity index (χ1n) is 11.1. The first-order valence-corrected chi connectivity index (χ1v) is 11.1. The van der Waals surface area contributed by atoms with E-state index in [1.54, 1.807) is 11.8 Å². The minimum absolute atomic E-state index is 0.237. The molecule has 5 rings (SSSR count). The van der Waals surface area contributed by atoms with E-state index in [9.17, 15) is 4.79 Å². The van der Waals surface area contributed by atoms with Gasteiger partial charge in [-0.25, -0.2) is 9.67 Å². The molecule has 2 aromatic carbocycles. The van der Waals surface area contributed by atoms with E-state index in [0.29, 0.717) is 34.3 Å². The Hall–Kier alpha value is -3.65. The van der Waals surface area contributed by atoms with Crippen LogP contribution in [-0.4, -0.2) is 65.0 Å². The van der Waals surface area contributed by atoms with Crippen molar-refractivity contribution in [3.63, 3.8) is 0 Å². The molecule has 0 bridgehead atoms. The van der Waals surface area contributed by atoms with Gasteiger partial charge in [0.2, 0.25) is 0 Å². The highest BCUT2D eigenvalue weighted by atomic mass is 16.5. The molecule has 0 aliphatic carbocycles. The summed E-state index contributed by atoms with van der Waals surface area (Å²) >= 11 is 0. The van der Waals surface area contributed by atoms with Crippen molar-refractivity contribution < 1.29 is 4.74 Å². The maximum absolute atomic E-state index is 13.1. The number of aryl methyl sites for hydroxylation is 1. The van der Waals surface area contributed by atoms with Crippen molar-refractivity contribution in [1.29, 1.82) is 0 Å². The second-order valence-corrected chi connectivity index (χ2v) is 8.68. The van der Waals surface area contributed by atoms with Gasteiger partial charge in [-0.1, -0.05) is 18.2 Å². The lowest BCUT2D eigenvalue weighted by Crippen LogP contribution is -2.31. The van der Waals surface area contributed by atoms with Crippen molar-refractivity contribution in [2.75, 3.05) is 39.2 Å². The average molecular weight is 445 g/mol. The third kappa shape index (κ3) is 3.76. The molecule has 1 fully saturated rings. The Morgan fingerprint density at radius 1 is 1.12 bits per heavy atom. The normalized spacial score (nSPS) is 16.2. The fourth-order valence-corrected chi connectivity index (χ4v) is 4.52. The lowest BCUT2D eigenvalue weighted by Gasteiger charge is -2.22. The van der Waals surface area contributed by atoms with E-state index in [4.69, 9.17) is 9.72 Å². The predicted molar refractivity (Wildman–Crippen MR) is 131 cm³/mol. The number of hydrogen-bond acceptors (Lipinski definition) is 6. The van der Waals surface area contributed by atoms with E-state index in [1.807, 2.05) is 49.4 Å². The summed E-state index contributed by atoms with van der Waals surface area (Å²) in [6.07, 6.45) is 1.13. The second kappa shape index (κ2) is 8.37. The highest BCUT2D eigenvalue weighted by molar-refractivity contribution is 5.81. The van der Waals surface area contributed by atoms with Gasteiger partial charge < -0.3 is 19.5 Å². The van der Waals surface area contributed by atoms with Crippen LogP contribution >= 0.6 is 0 Å². The van der Waals surface area contributed by atoms with Gasteiger partial charge in [-0.05, 0) is 51.7 Å². The standard InChI is InChI=1S/C25H28N6O2/c1-16-22-23(31(28-16)17-8-6-5-7-9-17)25(32)27-24(26-22)20-11-10-18(14-21(20)33-4)30-13-12-19(15-30)29(2)3/h5-11,14,19H,12-13,15H2,1-4H3,(H,26,27,32)/t19-/m1/s1. The molecule has 1 aliphatic rings. The molecule has 1 atom stereocenters. The van der Waals surface area contributed by atoms with Crippen molar-refractivity contribution >= 4 is 16.7 Å². The van der Waals surface area contributed by atoms with E-state index >= 15 is 0 Å². The van der Waals surface area contributed by atoms with Crippen LogP contribution in [0.1, 0.15) is 12.1 Å². The minimum atomic E-state index is -0.237. The second-order valence-electron chi connectivity index (χ2n) is 8.68. The predicted octanol–water partition coefficient (Wildman–Crippen LogP) is 3.23. The van der Waals surface area contributed by atoms with Crippen molar-refractivity contribution in [1.82, 2.24) is 24.6 Å². The number of benzene rings is 2. The molecule has 1 saturated heterocycles. The fraction of sp³-hybridized carbons (Fsp3) is 0.320. The van der Waals surface area contributed by atoms with Crippen LogP contribution in [0.4, 0.5) is 5.69 Å². The number of H-pyrrole nitrogens is 1. The Bertz CT molecular complexity index is 1360. The third-order valence-corrected chi connectivity index (χ3v) is 6.40. The molecule has 0 saturated carbocycles. The van der Waals surface area contributed by atoms with E-state index in [-0.39, 0.29) is 5.56 Å². The Kier molecular flexibility index (Phi) is 5.38. The monoisotopic (exact) mass is 444 g/mol. The molecule has 8 nitrogen and oxygen atoms in total. The zero-order chi connectivity index (χ0) is 23.1. The Balaban J connectivity index is 1.56. The number of nitrogens with one attached hydrogen (secondary N) is 1. The summed E-state index contributed by atoms with van der Waals surface area (Å²) in [6.45, 7) is 3.85. The molecular weight excluding hydrogens is 416 g/mol. The minimum Gasteiger partial charge on any atom is -0.496 e. The van der Waals surface area contributed by atoms with Crippen LogP contribution in [0.25, 0.3) is 28.1 Å². The van der Waals surface area contributed by atoms with E-state index < -0.39 is 0 Å². The van der Waals surface area contributed by atoms with Gasteiger partial charge >= 0.3 is 0 Å². The SMILES string of the molecule is COc1cc(N2CC[C@@H](N(C)C)C2)ccc1-c1nc2c(C)nn(-c3ccccc3)c2c(=O)[nH]1. The summed E-state index contributed by atoms with van der Waals surface area (Å²) in [5, 5.41) is 4.58. The Labute approximate surface area is 192 Å². The number of ether oxygens (including phenoxy) is 1. The maximum atomic E-state index is 13.1. The number of nitrogens with zero attached hydrogens (tertiary/aromatic N) is 5. The molecular formula is C25H28N6O2. The first-order chi connectivity index (χ1) is 16.0. The van der Waals surface area contributed by atoms with Crippen LogP contribution in [0.5, 0.6) is 5.75 Å². The Morgan fingerprint density at radius 2 is 1.91 bits per heavy atom. The number of methoxy groups -OCH3 is 1. The molecule has 0 spiro atoms. The van der Waals surface area contributed by atoms with Crippen LogP contribution < -0.4 is 15.2 Å². The van der Waals surface area contributed by atoms with Gasteiger partial charge in [0.15, 0.2) is 5.52 Å². The first kappa shape index (κ1) is 21.2. The molecule has 3 heterocycles.